The van der Waals surface area contributed by atoms with Gasteiger partial charge in [-0.15, -0.1) is 23.5 Å². The van der Waals surface area contributed by atoms with Crippen LogP contribution in [0.3, 0.4) is 0 Å². The van der Waals surface area contributed by atoms with Gasteiger partial charge in [0, 0.05) is 21.3 Å². The van der Waals surface area contributed by atoms with Gasteiger partial charge in [0.2, 0.25) is 0 Å². The van der Waals surface area contributed by atoms with Gasteiger partial charge in [0.05, 0.1) is 11.8 Å². The van der Waals surface area contributed by atoms with Crippen molar-refractivity contribution in [3.05, 3.63) is 76.7 Å². The first kappa shape index (κ1) is 18.4. The first-order chi connectivity index (χ1) is 13.2. The van der Waals surface area contributed by atoms with Gasteiger partial charge in [0.15, 0.2) is 11.5 Å². The van der Waals surface area contributed by atoms with Gasteiger partial charge >= 0.3 is 0 Å². The minimum atomic E-state index is 0.0141. The van der Waals surface area contributed by atoms with E-state index in [1.165, 1.54) is 15.4 Å². The smallest absolute Gasteiger partial charge is 0.198 e. The molecule has 0 aliphatic heterocycles. The molecule has 0 saturated heterocycles. The van der Waals surface area contributed by atoms with Crippen LogP contribution >= 0.6 is 23.5 Å². The Morgan fingerprint density at radius 3 is 2.63 bits per heavy atom. The summed E-state index contributed by atoms with van der Waals surface area (Å²) in [4.78, 5) is 15.7. The van der Waals surface area contributed by atoms with Crippen molar-refractivity contribution in [2.75, 3.05) is 12.5 Å². The summed E-state index contributed by atoms with van der Waals surface area (Å²) in [5.41, 5.74) is 3.64. The largest absolute Gasteiger partial charge is 0.360 e. The number of hydrogen-bond donors (Lipinski definition) is 0. The number of benzene rings is 2. The molecule has 3 nitrogen and oxygen atoms in total. The van der Waals surface area contributed by atoms with Gasteiger partial charge in [-0.05, 0) is 55.0 Å². The molecule has 1 fully saturated rings. The number of carbonyl (C=O) groups is 1. The summed E-state index contributed by atoms with van der Waals surface area (Å²) in [6.07, 6.45) is 8.65. The van der Waals surface area contributed by atoms with E-state index >= 15 is 0 Å². The zero-order valence-electron chi connectivity index (χ0n) is 15.4. The average molecular weight is 396 g/mol. The first-order valence-corrected chi connectivity index (χ1v) is 11.4. The van der Waals surface area contributed by atoms with Crippen molar-refractivity contribution in [2.45, 2.75) is 35.0 Å². The van der Waals surface area contributed by atoms with E-state index in [1.807, 2.05) is 24.3 Å². The summed E-state index contributed by atoms with van der Waals surface area (Å²) < 4.78 is 5.37. The predicted molar refractivity (Wildman–Crippen MR) is 111 cm³/mol. The lowest BCUT2D eigenvalue weighted by Crippen LogP contribution is -2.07. The maximum absolute atomic E-state index is 13.2. The van der Waals surface area contributed by atoms with Gasteiger partial charge < -0.3 is 4.52 Å². The minimum Gasteiger partial charge on any atom is -0.360 e. The van der Waals surface area contributed by atoms with E-state index in [4.69, 9.17) is 4.52 Å². The lowest BCUT2D eigenvalue weighted by molar-refractivity contribution is 0.103. The quantitative estimate of drug-likeness (QED) is 0.373. The Morgan fingerprint density at radius 1 is 1.07 bits per heavy atom. The molecule has 27 heavy (non-hydrogen) atoms. The van der Waals surface area contributed by atoms with E-state index < -0.39 is 0 Å². The molecule has 1 aromatic heterocycles. The minimum absolute atomic E-state index is 0.0141. The number of ketones is 1. The van der Waals surface area contributed by atoms with Gasteiger partial charge in [-0.25, -0.2) is 0 Å². The molecule has 1 aliphatic carbocycles. The van der Waals surface area contributed by atoms with Crippen LogP contribution in [0.4, 0.5) is 0 Å². The molecule has 3 aromatic rings. The Hall–Kier alpha value is -1.98. The van der Waals surface area contributed by atoms with Gasteiger partial charge in [-0.1, -0.05) is 35.5 Å². The molecule has 0 spiro atoms. The van der Waals surface area contributed by atoms with Gasteiger partial charge in [-0.3, -0.25) is 4.79 Å². The van der Waals surface area contributed by atoms with E-state index in [9.17, 15) is 4.79 Å². The van der Waals surface area contributed by atoms with Gasteiger partial charge in [0.25, 0.3) is 0 Å². The Bertz CT molecular complexity index is 976. The van der Waals surface area contributed by atoms with Crippen LogP contribution in [0.2, 0.25) is 0 Å². The van der Waals surface area contributed by atoms with Gasteiger partial charge in [-0.2, -0.15) is 0 Å². The van der Waals surface area contributed by atoms with Crippen molar-refractivity contribution in [3.63, 3.8) is 0 Å². The Labute approximate surface area is 167 Å². The molecule has 138 valence electrons. The standard InChI is InChI=1S/C22H21NO2S2/c1-26-17-10-9-16(20(12-17)27-2)11-15-5-3-4-6-18(15)21(24)19-13-23-25-22(19)14-7-8-14/h3-6,9-10,12-14H,7-8,11H2,1-2H3. The molecule has 2 aromatic carbocycles. The third kappa shape index (κ3) is 3.85. The third-order valence-electron chi connectivity index (χ3n) is 4.93. The van der Waals surface area contributed by atoms with Crippen LogP contribution < -0.4 is 0 Å². The first-order valence-electron chi connectivity index (χ1n) is 8.99. The number of thioether (sulfide) groups is 2. The SMILES string of the molecule is CSc1ccc(Cc2ccccc2C(=O)c2cnoc2C2CC2)c(SC)c1. The second-order valence-corrected chi connectivity index (χ2v) is 8.45. The van der Waals surface area contributed by atoms with Crippen molar-refractivity contribution in [3.8, 4) is 0 Å². The lowest BCUT2D eigenvalue weighted by Gasteiger charge is -2.12. The molecular formula is C22H21NO2S2. The molecule has 0 atom stereocenters. The summed E-state index contributed by atoms with van der Waals surface area (Å²) in [5, 5.41) is 3.89. The highest BCUT2D eigenvalue weighted by molar-refractivity contribution is 7.99. The monoisotopic (exact) mass is 395 g/mol. The maximum atomic E-state index is 13.2. The lowest BCUT2D eigenvalue weighted by atomic mass is 9.94. The van der Waals surface area contributed by atoms with Crippen LogP contribution in [0.25, 0.3) is 0 Å². The van der Waals surface area contributed by atoms with Crippen LogP contribution in [-0.2, 0) is 6.42 Å². The van der Waals surface area contributed by atoms with Crippen LogP contribution in [0, 0.1) is 0 Å². The van der Waals surface area contributed by atoms with E-state index in [0.29, 0.717) is 11.5 Å². The van der Waals surface area contributed by atoms with Crippen molar-refractivity contribution >= 4 is 29.3 Å². The molecule has 1 heterocycles. The highest BCUT2D eigenvalue weighted by Crippen LogP contribution is 2.42. The van der Waals surface area contributed by atoms with Crippen LogP contribution in [0.15, 0.2) is 63.0 Å². The Kier molecular flexibility index (Phi) is 5.41. The molecule has 5 heteroatoms. The van der Waals surface area contributed by atoms with Crippen molar-refractivity contribution < 1.29 is 9.32 Å². The normalized spacial score (nSPS) is 13.7. The Balaban J connectivity index is 1.67. The second-order valence-electron chi connectivity index (χ2n) is 6.72. The fourth-order valence-corrected chi connectivity index (χ4v) is 4.46. The number of aromatic nitrogens is 1. The predicted octanol–water partition coefficient (Wildman–Crippen LogP) is 5.82. The zero-order chi connectivity index (χ0) is 18.8. The average Bonchev–Trinajstić information content (AvgIpc) is 3.44. The summed E-state index contributed by atoms with van der Waals surface area (Å²) in [5.74, 6) is 1.13. The molecule has 0 unspecified atom stereocenters. The van der Waals surface area contributed by atoms with Crippen LogP contribution in [0.5, 0.6) is 0 Å². The van der Waals surface area contributed by atoms with Crippen molar-refractivity contribution in [2.24, 2.45) is 0 Å². The highest BCUT2D eigenvalue weighted by Gasteiger charge is 2.33. The molecular weight excluding hydrogens is 374 g/mol. The fourth-order valence-electron chi connectivity index (χ4n) is 3.30. The summed E-state index contributed by atoms with van der Waals surface area (Å²) in [6, 6.07) is 14.4. The van der Waals surface area contributed by atoms with Crippen molar-refractivity contribution in [1.29, 1.82) is 0 Å². The van der Waals surface area contributed by atoms with E-state index in [-0.39, 0.29) is 5.78 Å². The Morgan fingerprint density at radius 2 is 1.89 bits per heavy atom. The number of nitrogens with zero attached hydrogens (tertiary/aromatic N) is 1. The molecule has 0 bridgehead atoms. The molecule has 4 rings (SSSR count). The third-order valence-corrected chi connectivity index (χ3v) is 6.47. The number of hydrogen-bond acceptors (Lipinski definition) is 5. The van der Waals surface area contributed by atoms with Gasteiger partial charge in [0.1, 0.15) is 0 Å². The molecule has 1 aliphatic rings. The topological polar surface area (TPSA) is 43.1 Å². The summed E-state index contributed by atoms with van der Waals surface area (Å²) in [7, 11) is 0. The summed E-state index contributed by atoms with van der Waals surface area (Å²) in [6.45, 7) is 0. The molecule has 1 saturated carbocycles. The van der Waals surface area contributed by atoms with E-state index in [0.717, 1.165) is 36.1 Å². The van der Waals surface area contributed by atoms with Crippen LogP contribution in [0.1, 0.15) is 51.6 Å². The summed E-state index contributed by atoms with van der Waals surface area (Å²) >= 11 is 3.49. The van der Waals surface area contributed by atoms with E-state index in [1.54, 1.807) is 29.7 Å². The maximum Gasteiger partial charge on any atom is 0.198 e. The molecule has 0 amide bonds. The van der Waals surface area contributed by atoms with Crippen LogP contribution in [-0.4, -0.2) is 23.5 Å². The zero-order valence-corrected chi connectivity index (χ0v) is 17.0. The van der Waals surface area contributed by atoms with E-state index in [2.05, 4.69) is 35.9 Å². The fraction of sp³-hybridized carbons (Fsp3) is 0.273. The van der Waals surface area contributed by atoms with Crippen molar-refractivity contribution in [1.82, 2.24) is 5.16 Å². The molecule has 0 radical (unpaired) electrons. The second kappa shape index (κ2) is 7.95. The number of rotatable bonds is 7. The number of carbonyl (C=O) groups excluding carboxylic acids is 1. The molecule has 0 N–H and O–H groups in total. The highest BCUT2D eigenvalue weighted by atomic mass is 32.2.